The van der Waals surface area contributed by atoms with Crippen LogP contribution in [0.2, 0.25) is 0 Å². The molecular formula is C35H44N2O5. The van der Waals surface area contributed by atoms with E-state index in [1.165, 1.54) is 11.1 Å². The first-order valence-corrected chi connectivity index (χ1v) is 14.8. The summed E-state index contributed by atoms with van der Waals surface area (Å²) < 4.78 is 5.42. The van der Waals surface area contributed by atoms with Crippen molar-refractivity contribution in [2.75, 3.05) is 25.2 Å². The summed E-state index contributed by atoms with van der Waals surface area (Å²) in [5.41, 5.74) is 4.06. The Bertz CT molecular complexity index is 1390. The van der Waals surface area contributed by atoms with Crippen molar-refractivity contribution in [1.82, 2.24) is 4.90 Å². The number of hydrogen-bond acceptors (Lipinski definition) is 5. The van der Waals surface area contributed by atoms with E-state index < -0.39 is 17.4 Å². The number of nitrogens with zero attached hydrogens (tertiary/aromatic N) is 2. The van der Waals surface area contributed by atoms with Crippen LogP contribution in [0.15, 0.2) is 77.9 Å². The van der Waals surface area contributed by atoms with Gasteiger partial charge in [-0.05, 0) is 69.4 Å². The largest absolute Gasteiger partial charge is 0.497 e. The predicted octanol–water partition coefficient (Wildman–Crippen LogP) is 5.45. The highest BCUT2D eigenvalue weighted by atomic mass is 16.5. The van der Waals surface area contributed by atoms with Gasteiger partial charge in [0.1, 0.15) is 5.75 Å². The summed E-state index contributed by atoms with van der Waals surface area (Å²) in [4.78, 5) is 30.4. The van der Waals surface area contributed by atoms with Gasteiger partial charge in [-0.15, -0.1) is 0 Å². The quantitative estimate of drug-likeness (QED) is 0.350. The summed E-state index contributed by atoms with van der Waals surface area (Å²) in [5, 5.41) is 21.9. The van der Waals surface area contributed by atoms with Crippen LogP contribution in [0.5, 0.6) is 5.75 Å². The molecule has 7 heteroatoms. The number of aliphatic hydroxyl groups is 2. The van der Waals surface area contributed by atoms with E-state index in [1.54, 1.807) is 48.1 Å². The lowest BCUT2D eigenvalue weighted by Crippen LogP contribution is -2.46. The topological polar surface area (TPSA) is 90.3 Å². The highest BCUT2D eigenvalue weighted by Gasteiger charge is 2.52. The van der Waals surface area contributed by atoms with E-state index in [0.29, 0.717) is 36.5 Å². The summed E-state index contributed by atoms with van der Waals surface area (Å²) >= 11 is 0. The molecule has 0 unspecified atom stereocenters. The summed E-state index contributed by atoms with van der Waals surface area (Å²) in [6, 6.07) is 13.1. The average Bonchev–Trinajstić information content (AvgIpc) is 3.20. The van der Waals surface area contributed by atoms with Crippen molar-refractivity contribution in [3.8, 4) is 5.75 Å². The molecule has 2 aromatic rings. The average molecular weight is 573 g/mol. The molecule has 2 amide bonds. The minimum Gasteiger partial charge on any atom is -0.497 e. The standard InChI is InChI=1S/C35H44N2O5/c1-24(2)10-8-11-25(3)18-19-36-32-17-16-30(42-5)21-31(32)35(41,34(36)40)26(4)12-9-15-33(39)37-22-28-14-7-6-13-27(28)20-29(37)23-38/h6-7,9-10,12-14,16-18,21,26,29,38,41H,8,11,15,19-20,22-23H2,1-5H3/b12-9+,25-18+/t26-,29+,35+/m1/s1. The SMILES string of the molecule is COc1ccc2c(c1)[C@@](O)([C@H](C)/C=C/CC(=O)N1Cc3ccccc3C[C@H]1CO)C(=O)N2C/C=C(\C)CCC=C(C)C. The van der Waals surface area contributed by atoms with Crippen molar-refractivity contribution >= 4 is 17.5 Å². The van der Waals surface area contributed by atoms with Crippen molar-refractivity contribution < 1.29 is 24.5 Å². The van der Waals surface area contributed by atoms with Gasteiger partial charge in [0.05, 0.1) is 25.4 Å². The fourth-order valence-electron chi connectivity index (χ4n) is 5.84. The smallest absolute Gasteiger partial charge is 0.264 e. The third-order valence-corrected chi connectivity index (χ3v) is 8.45. The van der Waals surface area contributed by atoms with Gasteiger partial charge in [0, 0.05) is 31.0 Å². The first-order chi connectivity index (χ1) is 20.1. The van der Waals surface area contributed by atoms with Gasteiger partial charge in [0.2, 0.25) is 5.91 Å². The number of anilines is 1. The fraction of sp³-hybridized carbons (Fsp3) is 0.429. The third-order valence-electron chi connectivity index (χ3n) is 8.45. The van der Waals surface area contributed by atoms with Gasteiger partial charge in [-0.25, -0.2) is 0 Å². The Morgan fingerprint density at radius 3 is 2.57 bits per heavy atom. The van der Waals surface area contributed by atoms with Gasteiger partial charge in [-0.3, -0.25) is 9.59 Å². The van der Waals surface area contributed by atoms with Crippen molar-refractivity contribution in [3.63, 3.8) is 0 Å². The van der Waals surface area contributed by atoms with E-state index in [1.807, 2.05) is 36.4 Å². The van der Waals surface area contributed by atoms with Crippen LogP contribution >= 0.6 is 0 Å². The van der Waals surface area contributed by atoms with Crippen molar-refractivity contribution in [1.29, 1.82) is 0 Å². The number of carbonyl (C=O) groups is 2. The van der Waals surface area contributed by atoms with Crippen molar-refractivity contribution in [3.05, 3.63) is 94.6 Å². The molecule has 4 rings (SSSR count). The van der Waals surface area contributed by atoms with E-state index in [0.717, 1.165) is 24.0 Å². The Kier molecular flexibility index (Phi) is 10.1. The summed E-state index contributed by atoms with van der Waals surface area (Å²) in [6.07, 6.45) is 10.3. The second kappa shape index (κ2) is 13.5. The van der Waals surface area contributed by atoms with Gasteiger partial charge in [-0.1, -0.05) is 66.6 Å². The van der Waals surface area contributed by atoms with E-state index in [2.05, 4.69) is 26.8 Å². The maximum absolute atomic E-state index is 13.8. The normalized spacial score (nSPS) is 20.9. The molecule has 2 aromatic carbocycles. The first-order valence-electron chi connectivity index (χ1n) is 14.8. The van der Waals surface area contributed by atoms with Crippen LogP contribution in [0.1, 0.15) is 63.6 Å². The molecule has 0 saturated heterocycles. The Morgan fingerprint density at radius 1 is 1.14 bits per heavy atom. The molecule has 2 aliphatic rings. The highest BCUT2D eigenvalue weighted by molar-refractivity contribution is 6.07. The van der Waals surface area contributed by atoms with Crippen LogP contribution in [0, 0.1) is 5.92 Å². The van der Waals surface area contributed by atoms with Gasteiger partial charge < -0.3 is 24.7 Å². The Hall–Kier alpha value is -3.68. The maximum atomic E-state index is 13.8. The first kappa shape index (κ1) is 31.3. The Morgan fingerprint density at radius 2 is 1.88 bits per heavy atom. The number of aliphatic hydroxyl groups excluding tert-OH is 1. The molecule has 0 radical (unpaired) electrons. The molecule has 0 spiro atoms. The van der Waals surface area contributed by atoms with E-state index >= 15 is 0 Å². The minimum absolute atomic E-state index is 0.103. The van der Waals surface area contributed by atoms with Gasteiger partial charge >= 0.3 is 0 Å². The molecule has 2 N–H and O–H groups in total. The molecule has 0 saturated carbocycles. The number of carbonyl (C=O) groups excluding carboxylic acids is 2. The lowest BCUT2D eigenvalue weighted by Gasteiger charge is -2.36. The number of amides is 2. The van der Waals surface area contributed by atoms with E-state index in [4.69, 9.17) is 4.74 Å². The Labute approximate surface area is 249 Å². The molecule has 42 heavy (non-hydrogen) atoms. The summed E-state index contributed by atoms with van der Waals surface area (Å²) in [5.74, 6) is -0.543. The molecule has 2 heterocycles. The van der Waals surface area contributed by atoms with Crippen LogP contribution in [0.25, 0.3) is 0 Å². The number of rotatable bonds is 11. The van der Waals surface area contributed by atoms with Crippen molar-refractivity contribution in [2.45, 2.75) is 71.6 Å². The predicted molar refractivity (Wildman–Crippen MR) is 166 cm³/mol. The maximum Gasteiger partial charge on any atom is 0.264 e. The third kappa shape index (κ3) is 6.53. The summed E-state index contributed by atoms with van der Waals surface area (Å²) in [6.45, 7) is 8.72. The number of hydrogen-bond donors (Lipinski definition) is 2. The molecule has 0 fully saturated rings. The van der Waals surface area contributed by atoms with E-state index in [-0.39, 0.29) is 25.0 Å². The van der Waals surface area contributed by atoms with Crippen LogP contribution in [0.4, 0.5) is 5.69 Å². The molecule has 224 valence electrons. The van der Waals surface area contributed by atoms with Crippen LogP contribution in [0.3, 0.4) is 0 Å². The second-order valence-electron chi connectivity index (χ2n) is 11.7. The highest BCUT2D eigenvalue weighted by Crippen LogP contribution is 2.46. The number of allylic oxidation sites excluding steroid dienone is 3. The van der Waals surface area contributed by atoms with Gasteiger partial charge in [0.15, 0.2) is 5.60 Å². The summed E-state index contributed by atoms with van der Waals surface area (Å²) in [7, 11) is 1.56. The molecule has 7 nitrogen and oxygen atoms in total. The fourth-order valence-corrected chi connectivity index (χ4v) is 5.84. The lowest BCUT2D eigenvalue weighted by molar-refractivity contribution is -0.139. The zero-order valence-corrected chi connectivity index (χ0v) is 25.5. The second-order valence-corrected chi connectivity index (χ2v) is 11.7. The lowest BCUT2D eigenvalue weighted by atomic mass is 9.83. The molecule has 0 aliphatic carbocycles. The molecular weight excluding hydrogens is 528 g/mol. The zero-order valence-electron chi connectivity index (χ0n) is 25.5. The molecule has 0 aromatic heterocycles. The van der Waals surface area contributed by atoms with Crippen LogP contribution < -0.4 is 9.64 Å². The molecule has 2 aliphatic heterocycles. The van der Waals surface area contributed by atoms with Crippen LogP contribution in [-0.4, -0.2) is 53.2 Å². The minimum atomic E-state index is -1.80. The monoisotopic (exact) mass is 572 g/mol. The zero-order chi connectivity index (χ0) is 30.4. The number of fused-ring (bicyclic) bond motifs is 2. The van der Waals surface area contributed by atoms with Crippen LogP contribution in [-0.2, 0) is 28.2 Å². The molecule has 0 bridgehead atoms. The van der Waals surface area contributed by atoms with Gasteiger partial charge in [-0.2, -0.15) is 0 Å². The Balaban J connectivity index is 1.51. The number of ether oxygens (including phenoxy) is 1. The van der Waals surface area contributed by atoms with E-state index in [9.17, 15) is 19.8 Å². The van der Waals surface area contributed by atoms with Crippen molar-refractivity contribution in [2.24, 2.45) is 5.92 Å². The number of benzene rings is 2. The molecule has 3 atom stereocenters. The number of methoxy groups -OCH3 is 1. The van der Waals surface area contributed by atoms with Gasteiger partial charge in [0.25, 0.3) is 5.91 Å².